The highest BCUT2D eigenvalue weighted by Gasteiger charge is 2.69. The summed E-state index contributed by atoms with van der Waals surface area (Å²) in [5.74, 6) is 2.52. The second-order valence-electron chi connectivity index (χ2n) is 9.45. The van der Waals surface area contributed by atoms with Gasteiger partial charge in [-0.2, -0.15) is 0 Å². The van der Waals surface area contributed by atoms with Crippen LogP contribution in [0.2, 0.25) is 0 Å². The maximum atomic E-state index is 12.8. The highest BCUT2D eigenvalue weighted by molar-refractivity contribution is 5.89. The summed E-state index contributed by atoms with van der Waals surface area (Å²) in [5.41, 5.74) is 2.36. The molecule has 1 aromatic rings. The van der Waals surface area contributed by atoms with Crippen LogP contribution in [0.5, 0.6) is 11.5 Å². The summed E-state index contributed by atoms with van der Waals surface area (Å²) >= 11 is 0. The molecular weight excluding hydrogens is 314 g/mol. The molecule has 0 amide bonds. The van der Waals surface area contributed by atoms with E-state index < -0.39 is 0 Å². The van der Waals surface area contributed by atoms with Crippen molar-refractivity contribution >= 4 is 5.78 Å². The number of carbonyl (C=O) groups excluding carboxylic acids is 1. The number of piperidine rings is 1. The molecule has 4 nitrogen and oxygen atoms in total. The Balaban J connectivity index is 1.56. The van der Waals surface area contributed by atoms with E-state index >= 15 is 0 Å². The number of hydrogen-bond acceptors (Lipinski definition) is 3. The summed E-state index contributed by atoms with van der Waals surface area (Å²) in [4.78, 5) is 12.8. The van der Waals surface area contributed by atoms with Crippen LogP contribution in [0.25, 0.3) is 0 Å². The predicted molar refractivity (Wildman–Crippen MR) is 92.7 cm³/mol. The van der Waals surface area contributed by atoms with Crippen molar-refractivity contribution in [2.45, 2.75) is 56.1 Å². The minimum atomic E-state index is -0.356. The molecular formula is C21H26NO3+. The number of ketones is 1. The average molecular weight is 340 g/mol. The molecule has 4 heteroatoms. The third-order valence-electron chi connectivity index (χ3n) is 8.15. The molecule has 132 valence electrons. The fourth-order valence-corrected chi connectivity index (χ4v) is 6.91. The number of likely N-dealkylation sites (tertiary alicyclic amines) is 1. The van der Waals surface area contributed by atoms with E-state index in [1.807, 2.05) is 0 Å². The minimum absolute atomic E-state index is 0.164. The van der Waals surface area contributed by atoms with Gasteiger partial charge in [-0.05, 0) is 30.9 Å². The van der Waals surface area contributed by atoms with Crippen LogP contribution >= 0.6 is 0 Å². The molecule has 1 spiro atoms. The number of rotatable bonds is 2. The van der Waals surface area contributed by atoms with Crippen molar-refractivity contribution < 1.29 is 19.1 Å². The third kappa shape index (κ3) is 1.65. The first-order valence-corrected chi connectivity index (χ1v) is 9.92. The Labute approximate surface area is 148 Å². The zero-order chi connectivity index (χ0) is 17.0. The zero-order valence-electron chi connectivity index (χ0n) is 14.8. The number of aromatic hydroxyl groups is 1. The van der Waals surface area contributed by atoms with E-state index in [9.17, 15) is 9.90 Å². The van der Waals surface area contributed by atoms with Crippen LogP contribution in [0.15, 0.2) is 12.1 Å². The number of Topliss-reactive ketones (excluding diaryl/α,β-unsaturated/α-hetero) is 1. The van der Waals surface area contributed by atoms with Gasteiger partial charge in [0.1, 0.15) is 0 Å². The molecule has 2 aliphatic heterocycles. The quantitative estimate of drug-likeness (QED) is 0.842. The third-order valence-corrected chi connectivity index (χ3v) is 8.15. The Kier molecular flexibility index (Phi) is 2.57. The van der Waals surface area contributed by atoms with Crippen molar-refractivity contribution in [3.05, 3.63) is 23.3 Å². The lowest BCUT2D eigenvalue weighted by Gasteiger charge is -2.60. The fraction of sp³-hybridized carbons (Fsp3) is 0.667. The van der Waals surface area contributed by atoms with Gasteiger partial charge in [-0.25, -0.2) is 0 Å². The fourth-order valence-electron chi connectivity index (χ4n) is 6.91. The van der Waals surface area contributed by atoms with Gasteiger partial charge < -0.3 is 14.3 Å². The molecule has 2 bridgehead atoms. The largest absolute Gasteiger partial charge is 0.504 e. The summed E-state index contributed by atoms with van der Waals surface area (Å²) in [6.07, 6.45) is 6.17. The number of benzene rings is 1. The Bertz CT molecular complexity index is 801. The average Bonchev–Trinajstić information content (AvgIpc) is 3.32. The molecule has 5 atom stereocenters. The van der Waals surface area contributed by atoms with E-state index in [4.69, 9.17) is 4.74 Å². The lowest BCUT2D eigenvalue weighted by Crippen LogP contribution is -2.72. The van der Waals surface area contributed by atoms with Crippen molar-refractivity contribution in [3.8, 4) is 11.5 Å². The number of nitrogens with zero attached hydrogens (tertiary/aromatic N) is 1. The summed E-state index contributed by atoms with van der Waals surface area (Å²) in [5, 5.41) is 10.4. The highest BCUT2D eigenvalue weighted by Crippen LogP contribution is 2.64. The first kappa shape index (κ1) is 14.6. The van der Waals surface area contributed by atoms with Crippen molar-refractivity contribution in [1.82, 2.24) is 0 Å². The summed E-state index contributed by atoms with van der Waals surface area (Å²) < 4.78 is 7.35. The Morgan fingerprint density at radius 3 is 2.96 bits per heavy atom. The van der Waals surface area contributed by atoms with Gasteiger partial charge in [0, 0.05) is 36.7 Å². The molecule has 2 saturated carbocycles. The smallest absolute Gasteiger partial charge is 0.174 e. The van der Waals surface area contributed by atoms with E-state index in [0.29, 0.717) is 24.1 Å². The van der Waals surface area contributed by atoms with Gasteiger partial charge in [-0.3, -0.25) is 4.79 Å². The number of phenols is 1. The molecule has 25 heavy (non-hydrogen) atoms. The van der Waals surface area contributed by atoms with Crippen LogP contribution in [-0.2, 0) is 16.6 Å². The van der Waals surface area contributed by atoms with Gasteiger partial charge >= 0.3 is 0 Å². The SMILES string of the molecule is C[N@@+]1(CC2CC2)CC[C@@]23c4c5ccc(O)c4OC2C(=O)CCC3C1C5. The second kappa shape index (κ2) is 4.40. The van der Waals surface area contributed by atoms with Crippen molar-refractivity contribution in [3.63, 3.8) is 0 Å². The summed E-state index contributed by atoms with van der Waals surface area (Å²) in [7, 11) is 2.46. The number of quaternary nitrogens is 1. The van der Waals surface area contributed by atoms with E-state index in [1.54, 1.807) is 6.07 Å². The van der Waals surface area contributed by atoms with Gasteiger partial charge in [-0.15, -0.1) is 0 Å². The van der Waals surface area contributed by atoms with E-state index in [0.717, 1.165) is 31.7 Å². The van der Waals surface area contributed by atoms with Crippen LogP contribution < -0.4 is 4.74 Å². The molecule has 5 aliphatic rings. The standard InChI is InChI=1S/C21H25NO3/c1-22(11-12-2-3-12)9-8-21-14-5-7-17(24)20(21)25-19-16(23)6-4-13(18(19)21)10-15(14)22/h4,6,12,14-15,20H,2-3,5,7-11H2,1H3/p+1/t14?,15?,20?,21-,22+/m1/s1. The maximum Gasteiger partial charge on any atom is 0.174 e. The Morgan fingerprint density at radius 1 is 1.32 bits per heavy atom. The van der Waals surface area contributed by atoms with Crippen molar-refractivity contribution in [2.24, 2.45) is 11.8 Å². The van der Waals surface area contributed by atoms with Crippen LogP contribution in [0, 0.1) is 11.8 Å². The lowest BCUT2D eigenvalue weighted by molar-refractivity contribution is -0.946. The molecule has 1 saturated heterocycles. The summed E-state index contributed by atoms with van der Waals surface area (Å²) in [6, 6.07) is 4.46. The lowest BCUT2D eigenvalue weighted by atomic mass is 9.51. The van der Waals surface area contributed by atoms with Gasteiger partial charge in [-0.1, -0.05) is 6.07 Å². The van der Waals surface area contributed by atoms with Gasteiger partial charge in [0.2, 0.25) is 0 Å². The van der Waals surface area contributed by atoms with E-state index in [-0.39, 0.29) is 23.1 Å². The van der Waals surface area contributed by atoms with Crippen molar-refractivity contribution in [1.29, 1.82) is 0 Å². The van der Waals surface area contributed by atoms with Crippen LogP contribution in [-0.4, -0.2) is 47.7 Å². The normalized spacial score (nSPS) is 43.6. The monoisotopic (exact) mass is 340 g/mol. The number of likely N-dealkylation sites (N-methyl/N-ethyl adjacent to an activating group) is 1. The summed E-state index contributed by atoms with van der Waals surface area (Å²) in [6.45, 7) is 2.44. The van der Waals surface area contributed by atoms with Crippen LogP contribution in [0.3, 0.4) is 0 Å². The van der Waals surface area contributed by atoms with Crippen LogP contribution in [0.4, 0.5) is 0 Å². The number of phenolic OH excluding ortho intramolecular Hbond substituents is 1. The first-order chi connectivity index (χ1) is 12.0. The van der Waals surface area contributed by atoms with Crippen LogP contribution in [0.1, 0.15) is 43.2 Å². The molecule has 0 aromatic heterocycles. The zero-order valence-corrected chi connectivity index (χ0v) is 14.8. The van der Waals surface area contributed by atoms with Crippen molar-refractivity contribution in [2.75, 3.05) is 20.1 Å². The first-order valence-electron chi connectivity index (χ1n) is 9.92. The molecule has 6 rings (SSSR count). The molecule has 0 radical (unpaired) electrons. The topological polar surface area (TPSA) is 46.5 Å². The maximum absolute atomic E-state index is 12.8. The minimum Gasteiger partial charge on any atom is -0.504 e. The number of carbonyl (C=O) groups is 1. The number of hydrogen-bond donors (Lipinski definition) is 1. The highest BCUT2D eigenvalue weighted by atomic mass is 16.5. The Morgan fingerprint density at radius 2 is 2.16 bits per heavy atom. The van der Waals surface area contributed by atoms with Gasteiger partial charge in [0.05, 0.1) is 31.6 Å². The second-order valence-corrected chi connectivity index (χ2v) is 9.45. The molecule has 1 N–H and O–H groups in total. The van der Waals surface area contributed by atoms with E-state index in [1.165, 1.54) is 35.0 Å². The number of ether oxygens (including phenoxy) is 1. The van der Waals surface area contributed by atoms with E-state index in [2.05, 4.69) is 13.1 Å². The Hall–Kier alpha value is -1.55. The molecule has 3 unspecified atom stereocenters. The molecule has 3 fully saturated rings. The van der Waals surface area contributed by atoms with Gasteiger partial charge in [0.15, 0.2) is 23.4 Å². The molecule has 2 heterocycles. The van der Waals surface area contributed by atoms with Gasteiger partial charge in [0.25, 0.3) is 0 Å². The molecule has 1 aromatic carbocycles. The molecule has 3 aliphatic carbocycles. The predicted octanol–water partition coefficient (Wildman–Crippen LogP) is 2.56.